The van der Waals surface area contributed by atoms with Crippen LogP contribution in [0.15, 0.2) is 36.5 Å². The number of phenols is 1. The lowest BCUT2D eigenvalue weighted by Gasteiger charge is -2.27. The standard InChI is InChI=1S/C20H22ClN3O5/c21-14-1-2-17(26)13(9-14)10-18(27)23-15-3-6-22-16(11-15)19(28)24-20(4-7-25)5-8-29-12-20/h1-3,6,9,11,25-26H,4-5,7-8,10,12H2,(H,24,28)(H,22,23,27)/t20-/m1/s1. The summed E-state index contributed by atoms with van der Waals surface area (Å²) in [5.41, 5.74) is 0.319. The first-order valence-corrected chi connectivity index (χ1v) is 9.53. The summed E-state index contributed by atoms with van der Waals surface area (Å²) in [6, 6.07) is 7.51. The van der Waals surface area contributed by atoms with Crippen LogP contribution in [0.4, 0.5) is 5.69 Å². The molecule has 1 saturated heterocycles. The summed E-state index contributed by atoms with van der Waals surface area (Å²) in [5.74, 6) is -0.805. The van der Waals surface area contributed by atoms with E-state index in [-0.39, 0.29) is 30.4 Å². The third-order valence-corrected chi connectivity index (χ3v) is 4.98. The number of aliphatic hydroxyl groups excluding tert-OH is 1. The molecular weight excluding hydrogens is 398 g/mol. The minimum Gasteiger partial charge on any atom is -0.508 e. The van der Waals surface area contributed by atoms with Crippen molar-refractivity contribution < 1.29 is 24.5 Å². The molecule has 154 valence electrons. The number of pyridine rings is 1. The van der Waals surface area contributed by atoms with Crippen LogP contribution in [0.2, 0.25) is 5.02 Å². The molecule has 3 rings (SSSR count). The maximum absolute atomic E-state index is 12.6. The van der Waals surface area contributed by atoms with Gasteiger partial charge in [0.05, 0.1) is 18.6 Å². The Hall–Kier alpha value is -2.68. The van der Waals surface area contributed by atoms with Gasteiger partial charge in [-0.3, -0.25) is 14.6 Å². The molecule has 1 aromatic heterocycles. The lowest BCUT2D eigenvalue weighted by molar-refractivity contribution is -0.115. The van der Waals surface area contributed by atoms with E-state index in [2.05, 4.69) is 15.6 Å². The minimum absolute atomic E-state index is 0.0210. The van der Waals surface area contributed by atoms with Crippen LogP contribution in [0, 0.1) is 0 Å². The molecule has 1 aliphatic heterocycles. The Kier molecular flexibility index (Phi) is 6.68. The van der Waals surface area contributed by atoms with E-state index in [0.29, 0.717) is 42.3 Å². The van der Waals surface area contributed by atoms with Gasteiger partial charge in [-0.2, -0.15) is 0 Å². The summed E-state index contributed by atoms with van der Waals surface area (Å²) in [7, 11) is 0. The molecule has 0 aliphatic carbocycles. The Morgan fingerprint density at radius 1 is 1.28 bits per heavy atom. The zero-order valence-corrected chi connectivity index (χ0v) is 16.4. The van der Waals surface area contributed by atoms with Gasteiger partial charge in [0.25, 0.3) is 5.91 Å². The molecule has 4 N–H and O–H groups in total. The van der Waals surface area contributed by atoms with Gasteiger partial charge < -0.3 is 25.6 Å². The van der Waals surface area contributed by atoms with E-state index in [1.54, 1.807) is 6.07 Å². The van der Waals surface area contributed by atoms with Gasteiger partial charge in [0.2, 0.25) is 5.91 Å². The van der Waals surface area contributed by atoms with Crippen LogP contribution in [0.1, 0.15) is 28.9 Å². The highest BCUT2D eigenvalue weighted by Gasteiger charge is 2.36. The molecule has 0 bridgehead atoms. The van der Waals surface area contributed by atoms with Gasteiger partial charge >= 0.3 is 0 Å². The van der Waals surface area contributed by atoms with E-state index in [9.17, 15) is 19.8 Å². The molecule has 1 aliphatic rings. The van der Waals surface area contributed by atoms with Crippen LogP contribution in [-0.2, 0) is 16.0 Å². The smallest absolute Gasteiger partial charge is 0.270 e. The predicted octanol–water partition coefficient (Wildman–Crippen LogP) is 1.89. The Morgan fingerprint density at radius 2 is 2.10 bits per heavy atom. The molecule has 0 radical (unpaired) electrons. The Bertz CT molecular complexity index is 899. The van der Waals surface area contributed by atoms with Crippen LogP contribution < -0.4 is 10.6 Å². The van der Waals surface area contributed by atoms with Crippen molar-refractivity contribution in [2.75, 3.05) is 25.1 Å². The highest BCUT2D eigenvalue weighted by Crippen LogP contribution is 2.24. The SMILES string of the molecule is O=C(Cc1cc(Cl)ccc1O)Nc1ccnc(C(=O)N[C@]2(CCO)CCOC2)c1. The number of rotatable bonds is 7. The van der Waals surface area contributed by atoms with Crippen molar-refractivity contribution in [3.05, 3.63) is 52.8 Å². The average molecular weight is 420 g/mol. The number of hydrogen-bond acceptors (Lipinski definition) is 6. The van der Waals surface area contributed by atoms with Gasteiger partial charge in [0.15, 0.2) is 0 Å². The van der Waals surface area contributed by atoms with Gasteiger partial charge in [-0.15, -0.1) is 0 Å². The van der Waals surface area contributed by atoms with Crippen molar-refractivity contribution in [2.45, 2.75) is 24.8 Å². The molecule has 8 nitrogen and oxygen atoms in total. The molecule has 1 fully saturated rings. The molecule has 2 heterocycles. The van der Waals surface area contributed by atoms with Crippen LogP contribution in [0.3, 0.4) is 0 Å². The number of carbonyl (C=O) groups excluding carboxylic acids is 2. The van der Waals surface area contributed by atoms with Gasteiger partial charge in [-0.1, -0.05) is 11.6 Å². The maximum Gasteiger partial charge on any atom is 0.270 e. The first kappa shape index (κ1) is 21.0. The molecule has 2 aromatic rings. The summed E-state index contributed by atoms with van der Waals surface area (Å²) in [5, 5.41) is 25.1. The predicted molar refractivity (Wildman–Crippen MR) is 107 cm³/mol. The molecule has 1 atom stereocenters. The Morgan fingerprint density at radius 3 is 2.83 bits per heavy atom. The van der Waals surface area contributed by atoms with E-state index in [4.69, 9.17) is 16.3 Å². The number of amides is 2. The number of aromatic hydroxyl groups is 1. The number of aromatic nitrogens is 1. The summed E-state index contributed by atoms with van der Waals surface area (Å²) >= 11 is 5.90. The topological polar surface area (TPSA) is 121 Å². The molecule has 0 unspecified atom stereocenters. The Balaban J connectivity index is 1.66. The van der Waals surface area contributed by atoms with Crippen molar-refractivity contribution >= 4 is 29.1 Å². The van der Waals surface area contributed by atoms with Crippen LogP contribution in [-0.4, -0.2) is 52.4 Å². The minimum atomic E-state index is -0.614. The molecule has 1 aromatic carbocycles. The first-order valence-electron chi connectivity index (χ1n) is 9.15. The largest absolute Gasteiger partial charge is 0.508 e. The van der Waals surface area contributed by atoms with Gasteiger partial charge in [0, 0.05) is 35.7 Å². The maximum atomic E-state index is 12.6. The fourth-order valence-electron chi connectivity index (χ4n) is 3.19. The average Bonchev–Trinajstić information content (AvgIpc) is 3.13. The summed E-state index contributed by atoms with van der Waals surface area (Å²) in [4.78, 5) is 29.0. The number of ether oxygens (including phenoxy) is 1. The van der Waals surface area contributed by atoms with Crippen molar-refractivity contribution in [2.24, 2.45) is 0 Å². The monoisotopic (exact) mass is 419 g/mol. The third kappa shape index (κ3) is 5.44. The number of phenolic OH excluding ortho intramolecular Hbond substituents is 1. The summed E-state index contributed by atoms with van der Waals surface area (Å²) < 4.78 is 5.37. The second-order valence-corrected chi connectivity index (χ2v) is 7.37. The third-order valence-electron chi connectivity index (χ3n) is 4.74. The number of hydrogen-bond donors (Lipinski definition) is 4. The quantitative estimate of drug-likeness (QED) is 0.544. The second kappa shape index (κ2) is 9.21. The number of nitrogens with zero attached hydrogens (tertiary/aromatic N) is 1. The molecule has 29 heavy (non-hydrogen) atoms. The van der Waals surface area contributed by atoms with Crippen molar-refractivity contribution in [1.29, 1.82) is 0 Å². The lowest BCUT2D eigenvalue weighted by Crippen LogP contribution is -2.49. The lowest BCUT2D eigenvalue weighted by atomic mass is 9.94. The number of aliphatic hydroxyl groups is 1. The summed E-state index contributed by atoms with van der Waals surface area (Å²) in [6.07, 6.45) is 2.34. The van der Waals surface area contributed by atoms with Crippen molar-refractivity contribution in [3.8, 4) is 5.75 Å². The first-order chi connectivity index (χ1) is 13.9. The van der Waals surface area contributed by atoms with Gasteiger partial charge in [-0.05, 0) is 43.2 Å². The van der Waals surface area contributed by atoms with Crippen LogP contribution >= 0.6 is 11.6 Å². The van der Waals surface area contributed by atoms with E-state index >= 15 is 0 Å². The number of halogens is 1. The molecule has 0 spiro atoms. The van der Waals surface area contributed by atoms with E-state index in [0.717, 1.165) is 0 Å². The summed E-state index contributed by atoms with van der Waals surface area (Å²) in [6.45, 7) is 0.780. The second-order valence-electron chi connectivity index (χ2n) is 6.94. The zero-order chi connectivity index (χ0) is 20.9. The zero-order valence-electron chi connectivity index (χ0n) is 15.7. The number of nitrogens with one attached hydrogen (secondary N) is 2. The van der Waals surface area contributed by atoms with Crippen LogP contribution in [0.5, 0.6) is 5.75 Å². The number of carbonyl (C=O) groups is 2. The highest BCUT2D eigenvalue weighted by molar-refractivity contribution is 6.30. The van der Waals surface area contributed by atoms with Gasteiger partial charge in [0.1, 0.15) is 11.4 Å². The van der Waals surface area contributed by atoms with E-state index in [1.807, 2.05) is 0 Å². The molecular formula is C20H22ClN3O5. The van der Waals surface area contributed by atoms with E-state index in [1.165, 1.54) is 30.5 Å². The van der Waals surface area contributed by atoms with Crippen LogP contribution in [0.25, 0.3) is 0 Å². The molecule has 0 saturated carbocycles. The van der Waals surface area contributed by atoms with E-state index < -0.39 is 11.4 Å². The molecule has 9 heteroatoms. The fourth-order valence-corrected chi connectivity index (χ4v) is 3.39. The normalized spacial score (nSPS) is 18.4. The van der Waals surface area contributed by atoms with Crippen molar-refractivity contribution in [3.63, 3.8) is 0 Å². The number of benzene rings is 1. The number of anilines is 1. The fraction of sp³-hybridized carbons (Fsp3) is 0.350. The van der Waals surface area contributed by atoms with Gasteiger partial charge in [-0.25, -0.2) is 0 Å². The van der Waals surface area contributed by atoms with Crippen molar-refractivity contribution in [1.82, 2.24) is 10.3 Å². The Labute approximate surface area is 172 Å². The highest BCUT2D eigenvalue weighted by atomic mass is 35.5. The molecule has 2 amide bonds.